The minimum Gasteiger partial charge on any atom is -0.455 e. The molecule has 2 amide bonds. The van der Waals surface area contributed by atoms with Crippen molar-refractivity contribution in [2.24, 2.45) is 5.73 Å². The lowest BCUT2D eigenvalue weighted by Gasteiger charge is -2.14. The lowest BCUT2D eigenvalue weighted by atomic mass is 10.3. The fourth-order valence-electron chi connectivity index (χ4n) is 1.29. The molecule has 94 valence electrons. The van der Waals surface area contributed by atoms with Crippen molar-refractivity contribution in [2.75, 3.05) is 20.6 Å². The first-order chi connectivity index (χ1) is 8.08. The van der Waals surface area contributed by atoms with Gasteiger partial charge in [0.2, 0.25) is 5.91 Å². The van der Waals surface area contributed by atoms with E-state index in [-0.39, 0.29) is 30.5 Å². The molecule has 0 aliphatic heterocycles. The number of carbonyl (C=O) groups is 2. The van der Waals surface area contributed by atoms with Gasteiger partial charge in [0.15, 0.2) is 5.76 Å². The quantitative estimate of drug-likeness (QED) is 0.753. The molecule has 0 aromatic carbocycles. The molecule has 6 heteroatoms. The summed E-state index contributed by atoms with van der Waals surface area (Å²) < 4.78 is 5.23. The molecule has 1 heterocycles. The van der Waals surface area contributed by atoms with Gasteiger partial charge in [0.25, 0.3) is 5.91 Å². The van der Waals surface area contributed by atoms with Crippen LogP contribution in [-0.4, -0.2) is 37.4 Å². The van der Waals surface area contributed by atoms with Crippen LogP contribution in [0, 0.1) is 0 Å². The summed E-state index contributed by atoms with van der Waals surface area (Å²) in [7, 11) is 3.18. The van der Waals surface area contributed by atoms with Gasteiger partial charge >= 0.3 is 0 Å². The Morgan fingerprint density at radius 1 is 1.47 bits per heavy atom. The Kier molecular flexibility index (Phi) is 4.71. The number of nitrogens with two attached hydrogens (primary N) is 1. The molecule has 6 nitrogen and oxygen atoms in total. The smallest absolute Gasteiger partial charge is 0.289 e. The van der Waals surface area contributed by atoms with Crippen molar-refractivity contribution in [1.82, 2.24) is 10.2 Å². The van der Waals surface area contributed by atoms with Crippen LogP contribution >= 0.6 is 0 Å². The molecule has 0 fully saturated rings. The van der Waals surface area contributed by atoms with Crippen molar-refractivity contribution in [3.8, 4) is 0 Å². The summed E-state index contributed by atoms with van der Waals surface area (Å²) in [4.78, 5) is 24.3. The van der Waals surface area contributed by atoms with Gasteiger partial charge in [0.1, 0.15) is 5.76 Å². The molecule has 0 radical (unpaired) electrons. The maximum atomic E-state index is 11.8. The third kappa shape index (κ3) is 3.60. The van der Waals surface area contributed by atoms with E-state index in [1.807, 2.05) is 0 Å². The highest BCUT2D eigenvalue weighted by Crippen LogP contribution is 2.09. The molecule has 0 unspecified atom stereocenters. The van der Waals surface area contributed by atoms with Crippen LogP contribution in [0.1, 0.15) is 22.7 Å². The van der Waals surface area contributed by atoms with Crippen LogP contribution in [0.3, 0.4) is 0 Å². The van der Waals surface area contributed by atoms with E-state index in [1.54, 1.807) is 26.2 Å². The van der Waals surface area contributed by atoms with Gasteiger partial charge in [-0.05, 0) is 12.1 Å². The zero-order chi connectivity index (χ0) is 12.8. The first-order valence-electron chi connectivity index (χ1n) is 5.33. The third-order valence-corrected chi connectivity index (χ3v) is 2.37. The Labute approximate surface area is 99.8 Å². The summed E-state index contributed by atoms with van der Waals surface area (Å²) >= 11 is 0. The van der Waals surface area contributed by atoms with Crippen molar-refractivity contribution < 1.29 is 14.0 Å². The lowest BCUT2D eigenvalue weighted by molar-refractivity contribution is -0.120. The minimum atomic E-state index is -0.256. The first kappa shape index (κ1) is 13.2. The van der Waals surface area contributed by atoms with Gasteiger partial charge in [0, 0.05) is 27.1 Å². The van der Waals surface area contributed by atoms with Gasteiger partial charge in [-0.2, -0.15) is 0 Å². The molecular formula is C11H17N3O3. The fourth-order valence-corrected chi connectivity index (χ4v) is 1.29. The molecular weight excluding hydrogens is 222 g/mol. The van der Waals surface area contributed by atoms with E-state index < -0.39 is 0 Å². The fraction of sp³-hybridized carbons (Fsp3) is 0.455. The number of furan rings is 1. The zero-order valence-corrected chi connectivity index (χ0v) is 10.0. The van der Waals surface area contributed by atoms with Crippen molar-refractivity contribution in [2.45, 2.75) is 13.0 Å². The first-order valence-corrected chi connectivity index (χ1v) is 5.33. The van der Waals surface area contributed by atoms with E-state index in [1.165, 1.54) is 4.90 Å². The Morgan fingerprint density at radius 3 is 2.71 bits per heavy atom. The average molecular weight is 239 g/mol. The van der Waals surface area contributed by atoms with Crippen LogP contribution in [0.2, 0.25) is 0 Å². The molecule has 1 rings (SSSR count). The second-order valence-corrected chi connectivity index (χ2v) is 3.62. The molecule has 0 aliphatic rings. The number of amides is 2. The van der Waals surface area contributed by atoms with Crippen LogP contribution in [-0.2, 0) is 11.3 Å². The van der Waals surface area contributed by atoms with E-state index in [0.717, 1.165) is 0 Å². The van der Waals surface area contributed by atoms with Crippen LogP contribution in [0.25, 0.3) is 0 Å². The van der Waals surface area contributed by atoms with Crippen LogP contribution in [0.15, 0.2) is 16.5 Å². The number of rotatable bonds is 5. The zero-order valence-electron chi connectivity index (χ0n) is 10.0. The molecule has 0 aliphatic carbocycles. The van der Waals surface area contributed by atoms with Crippen molar-refractivity contribution in [3.63, 3.8) is 0 Å². The van der Waals surface area contributed by atoms with E-state index in [2.05, 4.69) is 5.32 Å². The van der Waals surface area contributed by atoms with E-state index in [0.29, 0.717) is 12.3 Å². The molecule has 1 aromatic rings. The normalized spacial score (nSPS) is 10.1. The summed E-state index contributed by atoms with van der Waals surface area (Å²) in [5.41, 5.74) is 5.38. The van der Waals surface area contributed by atoms with Gasteiger partial charge in [0.05, 0.1) is 6.54 Å². The molecule has 0 atom stereocenters. The summed E-state index contributed by atoms with van der Waals surface area (Å²) in [6.07, 6.45) is 0.267. The molecule has 0 saturated heterocycles. The monoisotopic (exact) mass is 239 g/mol. The standard InChI is InChI=1S/C11H17N3O3/c1-13-10(15)5-6-14(2)11(16)9-4-3-8(7-12)17-9/h3-4H,5-7,12H2,1-2H3,(H,13,15). The van der Waals surface area contributed by atoms with Crippen LogP contribution < -0.4 is 11.1 Å². The predicted octanol–water partition coefficient (Wildman–Crippen LogP) is -0.0536. The Balaban J connectivity index is 2.54. The number of hydrogen-bond donors (Lipinski definition) is 2. The van der Waals surface area contributed by atoms with E-state index in [9.17, 15) is 9.59 Å². The highest BCUT2D eigenvalue weighted by molar-refractivity contribution is 5.91. The third-order valence-electron chi connectivity index (χ3n) is 2.37. The molecule has 17 heavy (non-hydrogen) atoms. The summed E-state index contributed by atoms with van der Waals surface area (Å²) in [5, 5.41) is 2.50. The predicted molar refractivity (Wildman–Crippen MR) is 62.2 cm³/mol. The number of hydrogen-bond acceptors (Lipinski definition) is 4. The molecule has 0 bridgehead atoms. The topological polar surface area (TPSA) is 88.6 Å². The van der Waals surface area contributed by atoms with Gasteiger partial charge in [-0.25, -0.2) is 0 Å². The second-order valence-electron chi connectivity index (χ2n) is 3.62. The summed E-state index contributed by atoms with van der Waals surface area (Å²) in [6, 6.07) is 3.25. The largest absolute Gasteiger partial charge is 0.455 e. The molecule has 3 N–H and O–H groups in total. The molecule has 1 aromatic heterocycles. The minimum absolute atomic E-state index is 0.105. The lowest BCUT2D eigenvalue weighted by Crippen LogP contribution is -2.31. The van der Waals surface area contributed by atoms with Crippen molar-refractivity contribution >= 4 is 11.8 Å². The van der Waals surface area contributed by atoms with E-state index >= 15 is 0 Å². The van der Waals surface area contributed by atoms with Crippen molar-refractivity contribution in [3.05, 3.63) is 23.7 Å². The highest BCUT2D eigenvalue weighted by Gasteiger charge is 2.16. The van der Waals surface area contributed by atoms with Crippen molar-refractivity contribution in [1.29, 1.82) is 0 Å². The average Bonchev–Trinajstić information content (AvgIpc) is 2.83. The second kappa shape index (κ2) is 6.05. The van der Waals surface area contributed by atoms with Gasteiger partial charge in [-0.3, -0.25) is 9.59 Å². The van der Waals surface area contributed by atoms with Gasteiger partial charge in [-0.1, -0.05) is 0 Å². The maximum Gasteiger partial charge on any atom is 0.289 e. The Hall–Kier alpha value is -1.82. The van der Waals surface area contributed by atoms with Crippen LogP contribution in [0.4, 0.5) is 0 Å². The van der Waals surface area contributed by atoms with Gasteiger partial charge < -0.3 is 20.4 Å². The Morgan fingerprint density at radius 2 is 2.18 bits per heavy atom. The SMILES string of the molecule is CNC(=O)CCN(C)C(=O)c1ccc(CN)o1. The Bertz CT molecular complexity index is 400. The summed E-state index contributed by atoms with van der Waals surface area (Å²) in [5.74, 6) is 0.443. The van der Waals surface area contributed by atoms with E-state index in [4.69, 9.17) is 10.2 Å². The maximum absolute atomic E-state index is 11.8. The number of carbonyl (C=O) groups excluding carboxylic acids is 2. The molecule has 0 saturated carbocycles. The molecule has 0 spiro atoms. The summed E-state index contributed by atoms with van der Waals surface area (Å²) in [6.45, 7) is 0.604. The van der Waals surface area contributed by atoms with Gasteiger partial charge in [-0.15, -0.1) is 0 Å². The van der Waals surface area contributed by atoms with Crippen LogP contribution in [0.5, 0.6) is 0 Å². The number of nitrogens with one attached hydrogen (secondary N) is 1. The number of nitrogens with zero attached hydrogens (tertiary/aromatic N) is 1. The highest BCUT2D eigenvalue weighted by atomic mass is 16.4.